The molecule has 2 aliphatic rings. The van der Waals surface area contributed by atoms with E-state index >= 15 is 0 Å². The summed E-state index contributed by atoms with van der Waals surface area (Å²) in [5.74, 6) is 0.811. The Morgan fingerprint density at radius 1 is 1.24 bits per heavy atom. The van der Waals surface area contributed by atoms with Gasteiger partial charge in [-0.2, -0.15) is 0 Å². The van der Waals surface area contributed by atoms with E-state index in [-0.39, 0.29) is 11.7 Å². The lowest BCUT2D eigenvalue weighted by atomic mass is 9.85. The Morgan fingerprint density at radius 3 is 2.76 bits per heavy atom. The van der Waals surface area contributed by atoms with Crippen LogP contribution in [0.15, 0.2) is 24.3 Å². The summed E-state index contributed by atoms with van der Waals surface area (Å²) < 4.78 is 0. The molecule has 0 aromatic heterocycles. The lowest BCUT2D eigenvalue weighted by Crippen LogP contribution is -2.46. The third-order valence-electron chi connectivity index (χ3n) is 4.01. The third-order valence-corrected chi connectivity index (χ3v) is 4.01. The number of piperidine rings is 1. The monoisotopic (exact) mass is 231 g/mol. The SMILES string of the molecule is O=C1CC2CCC(N2)C1Cc1ccc(O)cc1. The van der Waals surface area contributed by atoms with Gasteiger partial charge in [0.05, 0.1) is 0 Å². The standard InChI is InChI=1S/C14H17NO2/c16-11-4-1-9(2-5-11)7-12-13-6-3-10(15-13)8-14(12)17/h1-2,4-5,10,12-13,15-16H,3,6-8H2. The van der Waals surface area contributed by atoms with Crippen LogP contribution in [-0.4, -0.2) is 23.0 Å². The zero-order valence-corrected chi connectivity index (χ0v) is 9.73. The van der Waals surface area contributed by atoms with Crippen LogP contribution in [0.2, 0.25) is 0 Å². The minimum Gasteiger partial charge on any atom is -0.508 e. The summed E-state index contributed by atoms with van der Waals surface area (Å²) in [4.78, 5) is 12.0. The number of ketones is 1. The highest BCUT2D eigenvalue weighted by Gasteiger charge is 2.40. The number of hydrogen-bond donors (Lipinski definition) is 2. The van der Waals surface area contributed by atoms with E-state index in [0.29, 0.717) is 24.3 Å². The van der Waals surface area contributed by atoms with Crippen molar-refractivity contribution in [1.29, 1.82) is 0 Å². The lowest BCUT2D eigenvalue weighted by Gasteiger charge is -2.29. The van der Waals surface area contributed by atoms with Gasteiger partial charge >= 0.3 is 0 Å². The van der Waals surface area contributed by atoms with Crippen LogP contribution in [0.25, 0.3) is 0 Å². The number of phenolic OH excluding ortho intramolecular Hbond substituents is 1. The zero-order chi connectivity index (χ0) is 11.8. The molecule has 17 heavy (non-hydrogen) atoms. The first-order valence-corrected chi connectivity index (χ1v) is 6.29. The molecule has 0 radical (unpaired) electrons. The molecule has 90 valence electrons. The maximum Gasteiger partial charge on any atom is 0.139 e. The molecule has 3 heteroatoms. The van der Waals surface area contributed by atoms with Crippen LogP contribution < -0.4 is 5.32 Å². The largest absolute Gasteiger partial charge is 0.508 e. The fourth-order valence-corrected chi connectivity index (χ4v) is 3.09. The summed E-state index contributed by atoms with van der Waals surface area (Å²) in [6.45, 7) is 0. The molecule has 3 rings (SSSR count). The summed E-state index contributed by atoms with van der Waals surface area (Å²) in [5.41, 5.74) is 1.13. The van der Waals surface area contributed by atoms with E-state index in [0.717, 1.165) is 24.8 Å². The van der Waals surface area contributed by atoms with Crippen molar-refractivity contribution in [3.63, 3.8) is 0 Å². The van der Waals surface area contributed by atoms with E-state index in [9.17, 15) is 9.90 Å². The highest BCUT2D eigenvalue weighted by Crippen LogP contribution is 2.31. The third kappa shape index (κ3) is 2.07. The van der Waals surface area contributed by atoms with E-state index < -0.39 is 0 Å². The highest BCUT2D eigenvalue weighted by atomic mass is 16.3. The van der Waals surface area contributed by atoms with Gasteiger partial charge in [-0.1, -0.05) is 12.1 Å². The van der Waals surface area contributed by atoms with E-state index in [1.54, 1.807) is 12.1 Å². The van der Waals surface area contributed by atoms with Gasteiger partial charge < -0.3 is 10.4 Å². The first-order chi connectivity index (χ1) is 8.22. The molecule has 3 atom stereocenters. The predicted molar refractivity (Wildman–Crippen MR) is 64.9 cm³/mol. The number of rotatable bonds is 2. The molecule has 3 unspecified atom stereocenters. The number of nitrogens with one attached hydrogen (secondary N) is 1. The molecular formula is C14H17NO2. The summed E-state index contributed by atoms with van der Waals surface area (Å²) >= 11 is 0. The fraction of sp³-hybridized carbons (Fsp3) is 0.500. The number of phenols is 1. The summed E-state index contributed by atoms with van der Waals surface area (Å²) in [6.07, 6.45) is 3.75. The van der Waals surface area contributed by atoms with Crippen LogP contribution in [0.5, 0.6) is 5.75 Å². The van der Waals surface area contributed by atoms with Gasteiger partial charge in [0.2, 0.25) is 0 Å². The number of carbonyl (C=O) groups is 1. The number of Topliss-reactive ketones (excluding diaryl/α,β-unsaturated/α-hetero) is 1. The highest BCUT2D eigenvalue weighted by molar-refractivity contribution is 5.84. The van der Waals surface area contributed by atoms with Crippen molar-refractivity contribution >= 4 is 5.78 Å². The average molecular weight is 231 g/mol. The van der Waals surface area contributed by atoms with Gasteiger partial charge in [-0.15, -0.1) is 0 Å². The molecule has 3 nitrogen and oxygen atoms in total. The number of hydrogen-bond acceptors (Lipinski definition) is 3. The van der Waals surface area contributed by atoms with Crippen molar-refractivity contribution in [3.05, 3.63) is 29.8 Å². The van der Waals surface area contributed by atoms with Crippen LogP contribution in [0.3, 0.4) is 0 Å². The van der Waals surface area contributed by atoms with Crippen molar-refractivity contribution in [2.75, 3.05) is 0 Å². The van der Waals surface area contributed by atoms with Crippen LogP contribution in [-0.2, 0) is 11.2 Å². The molecule has 2 heterocycles. The maximum atomic E-state index is 12.0. The van der Waals surface area contributed by atoms with E-state index in [2.05, 4.69) is 5.32 Å². The Labute approximate surface area is 101 Å². The van der Waals surface area contributed by atoms with Gasteiger partial charge in [0, 0.05) is 24.4 Å². The molecule has 2 fully saturated rings. The van der Waals surface area contributed by atoms with Crippen molar-refractivity contribution in [3.8, 4) is 5.75 Å². The molecule has 2 aliphatic heterocycles. The van der Waals surface area contributed by atoms with E-state index in [1.807, 2.05) is 12.1 Å². The zero-order valence-electron chi connectivity index (χ0n) is 9.73. The normalized spacial score (nSPS) is 31.8. The van der Waals surface area contributed by atoms with E-state index in [4.69, 9.17) is 0 Å². The summed E-state index contributed by atoms with van der Waals surface area (Å²) in [5, 5.41) is 12.8. The molecule has 0 aliphatic carbocycles. The molecule has 1 aromatic rings. The Bertz CT molecular complexity index is 426. The number of fused-ring (bicyclic) bond motifs is 2. The predicted octanol–water partition coefficient (Wildman–Crippen LogP) is 1.64. The second-order valence-corrected chi connectivity index (χ2v) is 5.19. The van der Waals surface area contributed by atoms with Gasteiger partial charge in [0.25, 0.3) is 0 Å². The second-order valence-electron chi connectivity index (χ2n) is 5.19. The number of carbonyl (C=O) groups excluding carboxylic acids is 1. The Kier molecular flexibility index (Phi) is 2.63. The van der Waals surface area contributed by atoms with Crippen LogP contribution >= 0.6 is 0 Å². The van der Waals surface area contributed by atoms with Gasteiger partial charge in [-0.25, -0.2) is 0 Å². The molecule has 2 bridgehead atoms. The van der Waals surface area contributed by atoms with Crippen LogP contribution in [0.1, 0.15) is 24.8 Å². The average Bonchev–Trinajstić information content (AvgIpc) is 2.71. The smallest absolute Gasteiger partial charge is 0.139 e. The second kappa shape index (κ2) is 4.15. The van der Waals surface area contributed by atoms with Crippen molar-refractivity contribution < 1.29 is 9.90 Å². The van der Waals surface area contributed by atoms with Crippen molar-refractivity contribution in [2.45, 2.75) is 37.8 Å². The van der Waals surface area contributed by atoms with Gasteiger partial charge in [0.15, 0.2) is 0 Å². The molecule has 1 aromatic carbocycles. The Hall–Kier alpha value is -1.35. The van der Waals surface area contributed by atoms with Gasteiger partial charge in [0.1, 0.15) is 11.5 Å². The first kappa shape index (κ1) is 10.8. The lowest BCUT2D eigenvalue weighted by molar-refractivity contribution is -0.125. The summed E-state index contributed by atoms with van der Waals surface area (Å²) in [6, 6.07) is 7.99. The van der Waals surface area contributed by atoms with Gasteiger partial charge in [-0.3, -0.25) is 4.79 Å². The minimum atomic E-state index is 0.123. The van der Waals surface area contributed by atoms with Crippen molar-refractivity contribution in [2.24, 2.45) is 5.92 Å². The van der Waals surface area contributed by atoms with Gasteiger partial charge in [-0.05, 0) is 37.0 Å². The molecule has 0 saturated carbocycles. The Morgan fingerprint density at radius 2 is 2.00 bits per heavy atom. The van der Waals surface area contributed by atoms with Crippen LogP contribution in [0, 0.1) is 5.92 Å². The fourth-order valence-electron chi connectivity index (χ4n) is 3.09. The number of benzene rings is 1. The van der Waals surface area contributed by atoms with Crippen LogP contribution in [0.4, 0.5) is 0 Å². The molecule has 2 N–H and O–H groups in total. The van der Waals surface area contributed by atoms with Crippen molar-refractivity contribution in [1.82, 2.24) is 5.32 Å². The molecule has 0 amide bonds. The number of aromatic hydroxyl groups is 1. The van der Waals surface area contributed by atoms with E-state index in [1.165, 1.54) is 0 Å². The molecule has 0 spiro atoms. The quantitative estimate of drug-likeness (QED) is 0.813. The Balaban J connectivity index is 1.75. The maximum absolute atomic E-state index is 12.0. The minimum absolute atomic E-state index is 0.123. The summed E-state index contributed by atoms with van der Waals surface area (Å²) in [7, 11) is 0. The molecular weight excluding hydrogens is 214 g/mol. The topological polar surface area (TPSA) is 49.3 Å². The molecule has 2 saturated heterocycles. The first-order valence-electron chi connectivity index (χ1n) is 6.29.